The van der Waals surface area contributed by atoms with E-state index in [1.54, 1.807) is 29.2 Å². The first-order valence-electron chi connectivity index (χ1n) is 9.88. The molecule has 2 aromatic heterocycles. The number of anilines is 1. The Morgan fingerprint density at radius 2 is 2.03 bits per heavy atom. The molecule has 0 atom stereocenters. The first kappa shape index (κ1) is 24.6. The van der Waals surface area contributed by atoms with E-state index in [0.29, 0.717) is 17.3 Å². The number of carbonyl (C=O) groups excluding carboxylic acids is 1. The number of benzene rings is 1. The molecule has 8 nitrogen and oxygen atoms in total. The van der Waals surface area contributed by atoms with E-state index in [1.807, 2.05) is 18.2 Å². The van der Waals surface area contributed by atoms with Gasteiger partial charge in [-0.15, -0.1) is 29.9 Å². The largest absolute Gasteiger partial charge is 0.439 e. The van der Waals surface area contributed by atoms with Gasteiger partial charge in [-0.05, 0) is 56.1 Å². The highest BCUT2D eigenvalue weighted by Gasteiger charge is 2.19. The van der Waals surface area contributed by atoms with Crippen LogP contribution in [0.4, 0.5) is 5.69 Å². The number of hydrogen-bond acceptors (Lipinski definition) is 6. The fourth-order valence-corrected chi connectivity index (χ4v) is 3.29. The minimum Gasteiger partial charge on any atom is -0.439 e. The lowest BCUT2D eigenvalue weighted by molar-refractivity contribution is 0.102. The lowest BCUT2D eigenvalue weighted by Gasteiger charge is -2.22. The summed E-state index contributed by atoms with van der Waals surface area (Å²) in [6.45, 7) is 4.00. The number of piperidine rings is 1. The maximum Gasteiger partial charge on any atom is 0.277 e. The summed E-state index contributed by atoms with van der Waals surface area (Å²) >= 11 is 0. The van der Waals surface area contributed by atoms with Crippen LogP contribution >= 0.6 is 24.8 Å². The van der Waals surface area contributed by atoms with Crippen LogP contribution in [0.2, 0.25) is 0 Å². The Morgan fingerprint density at radius 1 is 1.23 bits per heavy atom. The number of rotatable bonds is 6. The zero-order valence-corrected chi connectivity index (χ0v) is 18.8. The van der Waals surface area contributed by atoms with E-state index < -0.39 is 0 Å². The molecule has 4 rings (SSSR count). The molecule has 1 saturated heterocycles. The summed E-state index contributed by atoms with van der Waals surface area (Å²) in [5, 5.41) is 14.2. The van der Waals surface area contributed by atoms with Crippen LogP contribution in [0.15, 0.2) is 48.8 Å². The second-order valence-corrected chi connectivity index (χ2v) is 7.01. The molecule has 10 heteroatoms. The van der Waals surface area contributed by atoms with Gasteiger partial charge in [0.25, 0.3) is 5.91 Å². The van der Waals surface area contributed by atoms with Crippen LogP contribution in [0.1, 0.15) is 41.9 Å². The van der Waals surface area contributed by atoms with Crippen LogP contribution in [0.5, 0.6) is 11.6 Å². The summed E-state index contributed by atoms with van der Waals surface area (Å²) in [6.07, 6.45) is 6.18. The van der Waals surface area contributed by atoms with Crippen LogP contribution in [0.25, 0.3) is 0 Å². The molecule has 0 aliphatic carbocycles. The molecule has 0 spiro atoms. The monoisotopic (exact) mass is 464 g/mol. The Labute approximate surface area is 193 Å². The summed E-state index contributed by atoms with van der Waals surface area (Å²) in [5.74, 6) is 0.896. The summed E-state index contributed by atoms with van der Waals surface area (Å²) in [4.78, 5) is 16.7. The number of pyridine rings is 1. The predicted octanol–water partition coefficient (Wildman–Crippen LogP) is 4.05. The van der Waals surface area contributed by atoms with Gasteiger partial charge in [-0.1, -0.05) is 24.3 Å². The van der Waals surface area contributed by atoms with E-state index in [9.17, 15) is 4.79 Å². The Balaban J connectivity index is 0.00000171. The number of nitrogens with zero attached hydrogens (tertiary/aromatic N) is 4. The van der Waals surface area contributed by atoms with E-state index in [0.717, 1.165) is 38.1 Å². The molecule has 0 radical (unpaired) electrons. The Morgan fingerprint density at radius 3 is 2.74 bits per heavy atom. The quantitative estimate of drug-likeness (QED) is 0.571. The molecule has 1 amide bonds. The van der Waals surface area contributed by atoms with E-state index in [1.165, 1.54) is 5.56 Å². The maximum atomic E-state index is 12.5. The van der Waals surface area contributed by atoms with Gasteiger partial charge in [-0.2, -0.15) is 0 Å². The van der Waals surface area contributed by atoms with Crippen molar-refractivity contribution in [3.05, 3.63) is 60.0 Å². The molecule has 1 aliphatic rings. The van der Waals surface area contributed by atoms with Gasteiger partial charge in [-0.3, -0.25) is 4.79 Å². The van der Waals surface area contributed by atoms with Gasteiger partial charge in [0.15, 0.2) is 5.69 Å². The molecule has 3 aromatic rings. The fourth-order valence-electron chi connectivity index (χ4n) is 3.29. The third-order valence-corrected chi connectivity index (χ3v) is 4.95. The number of carbonyl (C=O) groups is 1. The van der Waals surface area contributed by atoms with E-state index in [2.05, 4.69) is 38.9 Å². The molecule has 2 N–H and O–H groups in total. The molecule has 1 aromatic carbocycles. The standard InChI is InChI=1S/C21H24N6O2.2ClH/c1-2-15-4-3-5-18(12-15)29-20-7-6-16(13-23-20)24-21(28)19-14-27(26-25-19)17-8-10-22-11-9-17;;/h3-7,12-14,17,22H,2,8-11H2,1H3,(H,24,28);2*1H. The van der Waals surface area contributed by atoms with E-state index in [4.69, 9.17) is 4.74 Å². The van der Waals surface area contributed by atoms with Crippen molar-refractivity contribution >= 4 is 36.4 Å². The molecule has 0 unspecified atom stereocenters. The second-order valence-electron chi connectivity index (χ2n) is 7.01. The molecule has 1 fully saturated rings. The smallest absolute Gasteiger partial charge is 0.277 e. The summed E-state index contributed by atoms with van der Waals surface area (Å²) in [5.41, 5.74) is 2.06. The van der Waals surface area contributed by atoms with Gasteiger partial charge >= 0.3 is 0 Å². The molecule has 3 heterocycles. The number of halogens is 2. The molecule has 166 valence electrons. The fraction of sp³-hybridized carbons (Fsp3) is 0.333. The van der Waals surface area contributed by atoms with Gasteiger partial charge in [0.1, 0.15) is 5.75 Å². The Hall–Kier alpha value is -2.68. The summed E-state index contributed by atoms with van der Waals surface area (Å²) in [6, 6.07) is 11.7. The minimum atomic E-state index is -0.309. The van der Waals surface area contributed by atoms with Crippen molar-refractivity contribution < 1.29 is 9.53 Å². The number of hydrogen-bond donors (Lipinski definition) is 2. The highest BCUT2D eigenvalue weighted by atomic mass is 35.5. The second kappa shape index (κ2) is 11.6. The van der Waals surface area contributed by atoms with Gasteiger partial charge in [0.2, 0.25) is 5.88 Å². The van der Waals surface area contributed by atoms with E-state index >= 15 is 0 Å². The molecular formula is C21H26Cl2N6O2. The van der Waals surface area contributed by atoms with Gasteiger partial charge in [0.05, 0.1) is 24.1 Å². The van der Waals surface area contributed by atoms with Crippen LogP contribution in [-0.2, 0) is 6.42 Å². The highest BCUT2D eigenvalue weighted by Crippen LogP contribution is 2.22. The molecule has 31 heavy (non-hydrogen) atoms. The zero-order valence-electron chi connectivity index (χ0n) is 17.2. The lowest BCUT2D eigenvalue weighted by atomic mass is 10.1. The van der Waals surface area contributed by atoms with Gasteiger partial charge in [-0.25, -0.2) is 9.67 Å². The SMILES string of the molecule is CCc1cccc(Oc2ccc(NC(=O)c3cn(C4CCNCC4)nn3)cn2)c1.Cl.Cl. The molecule has 1 aliphatic heterocycles. The zero-order chi connectivity index (χ0) is 20.1. The van der Waals surface area contributed by atoms with Crippen LogP contribution < -0.4 is 15.4 Å². The predicted molar refractivity (Wildman–Crippen MR) is 124 cm³/mol. The van der Waals surface area contributed by atoms with Crippen molar-refractivity contribution in [3.63, 3.8) is 0 Å². The van der Waals surface area contributed by atoms with Crippen molar-refractivity contribution in [2.75, 3.05) is 18.4 Å². The molecule has 0 bridgehead atoms. The number of nitrogens with one attached hydrogen (secondary N) is 2. The topological polar surface area (TPSA) is 94.0 Å². The van der Waals surface area contributed by atoms with E-state index in [-0.39, 0.29) is 36.8 Å². The third-order valence-electron chi connectivity index (χ3n) is 4.95. The average molecular weight is 465 g/mol. The van der Waals surface area contributed by atoms with Crippen molar-refractivity contribution in [1.29, 1.82) is 0 Å². The average Bonchev–Trinajstić information content (AvgIpc) is 3.26. The maximum absolute atomic E-state index is 12.5. The van der Waals surface area contributed by atoms with Crippen molar-refractivity contribution in [1.82, 2.24) is 25.3 Å². The van der Waals surface area contributed by atoms with Gasteiger partial charge in [0, 0.05) is 6.07 Å². The Kier molecular flexibility index (Phi) is 9.23. The molecule has 0 saturated carbocycles. The normalized spacial score (nSPS) is 13.6. The first-order valence-corrected chi connectivity index (χ1v) is 9.88. The van der Waals surface area contributed by atoms with Crippen LogP contribution in [-0.4, -0.2) is 39.0 Å². The number of amides is 1. The first-order chi connectivity index (χ1) is 14.2. The van der Waals surface area contributed by atoms with Crippen LogP contribution in [0.3, 0.4) is 0 Å². The van der Waals surface area contributed by atoms with Crippen LogP contribution in [0, 0.1) is 0 Å². The third kappa shape index (κ3) is 6.40. The van der Waals surface area contributed by atoms with Crippen molar-refractivity contribution in [2.45, 2.75) is 32.2 Å². The summed E-state index contributed by atoms with van der Waals surface area (Å²) in [7, 11) is 0. The van der Waals surface area contributed by atoms with Crippen molar-refractivity contribution in [3.8, 4) is 11.6 Å². The number of ether oxygens (including phenoxy) is 1. The number of aromatic nitrogens is 4. The summed E-state index contributed by atoms with van der Waals surface area (Å²) < 4.78 is 7.57. The Bertz CT molecular complexity index is 974. The molecular weight excluding hydrogens is 439 g/mol. The minimum absolute atomic E-state index is 0. The van der Waals surface area contributed by atoms with Gasteiger partial charge < -0.3 is 15.4 Å². The van der Waals surface area contributed by atoms with Crippen molar-refractivity contribution in [2.24, 2.45) is 0 Å². The lowest BCUT2D eigenvalue weighted by Crippen LogP contribution is -2.29. The highest BCUT2D eigenvalue weighted by molar-refractivity contribution is 6.02. The number of aryl methyl sites for hydroxylation is 1.